The molecule has 0 aromatic carbocycles. The SMILES string of the molecule is N[C@H](C=O)Cc1ccncc1.[HH]. The molecule has 0 aliphatic rings. The third kappa shape index (κ3) is 2.47. The number of aldehydes is 1. The lowest BCUT2D eigenvalue weighted by Gasteiger charge is -2.01. The summed E-state index contributed by atoms with van der Waals surface area (Å²) < 4.78 is 0. The van der Waals surface area contributed by atoms with Crippen molar-refractivity contribution >= 4 is 6.29 Å². The minimum Gasteiger partial charge on any atom is -0.321 e. The molecule has 1 aromatic heterocycles. The van der Waals surface area contributed by atoms with Gasteiger partial charge in [0.1, 0.15) is 6.29 Å². The number of pyridine rings is 1. The van der Waals surface area contributed by atoms with E-state index >= 15 is 0 Å². The van der Waals surface area contributed by atoms with Crippen LogP contribution in [-0.4, -0.2) is 17.3 Å². The van der Waals surface area contributed by atoms with Crippen LogP contribution in [0.2, 0.25) is 0 Å². The van der Waals surface area contributed by atoms with Crippen LogP contribution < -0.4 is 5.73 Å². The molecular weight excluding hydrogens is 140 g/mol. The fourth-order valence-corrected chi connectivity index (χ4v) is 0.839. The van der Waals surface area contributed by atoms with Crippen LogP contribution in [0.5, 0.6) is 0 Å². The van der Waals surface area contributed by atoms with Gasteiger partial charge in [0.15, 0.2) is 0 Å². The molecule has 1 atom stereocenters. The summed E-state index contributed by atoms with van der Waals surface area (Å²) in [6.45, 7) is 0. The van der Waals surface area contributed by atoms with Crippen molar-refractivity contribution < 1.29 is 6.22 Å². The lowest BCUT2D eigenvalue weighted by Crippen LogP contribution is -2.23. The average molecular weight is 152 g/mol. The molecule has 0 amide bonds. The van der Waals surface area contributed by atoms with Gasteiger partial charge >= 0.3 is 0 Å². The highest BCUT2D eigenvalue weighted by Gasteiger charge is 1.99. The van der Waals surface area contributed by atoms with Crippen molar-refractivity contribution in [3.63, 3.8) is 0 Å². The first-order valence-electron chi connectivity index (χ1n) is 3.42. The number of rotatable bonds is 3. The molecule has 0 aliphatic carbocycles. The average Bonchev–Trinajstić information content (AvgIpc) is 2.06. The number of carbonyl (C=O) groups is 1. The summed E-state index contributed by atoms with van der Waals surface area (Å²) in [6, 6.07) is 3.31. The van der Waals surface area contributed by atoms with E-state index < -0.39 is 6.04 Å². The summed E-state index contributed by atoms with van der Waals surface area (Å²) in [5, 5.41) is 0. The Morgan fingerprint density at radius 2 is 2.27 bits per heavy atom. The van der Waals surface area contributed by atoms with Crippen LogP contribution in [0, 0.1) is 0 Å². The van der Waals surface area contributed by atoms with Gasteiger partial charge in [0.05, 0.1) is 6.04 Å². The quantitative estimate of drug-likeness (QED) is 0.638. The van der Waals surface area contributed by atoms with E-state index in [9.17, 15) is 4.79 Å². The lowest BCUT2D eigenvalue weighted by atomic mass is 10.1. The number of nitrogens with zero attached hydrogens (tertiary/aromatic N) is 1. The molecule has 0 saturated carbocycles. The van der Waals surface area contributed by atoms with Gasteiger partial charge in [-0.25, -0.2) is 0 Å². The molecule has 0 spiro atoms. The normalized spacial score (nSPS) is 12.5. The summed E-state index contributed by atoms with van der Waals surface area (Å²) >= 11 is 0. The third-order valence-corrected chi connectivity index (χ3v) is 1.40. The first kappa shape index (κ1) is 7.88. The fourth-order valence-electron chi connectivity index (χ4n) is 0.839. The Morgan fingerprint density at radius 3 is 2.82 bits per heavy atom. The van der Waals surface area contributed by atoms with Crippen LogP contribution in [0.3, 0.4) is 0 Å². The largest absolute Gasteiger partial charge is 0.321 e. The molecule has 3 heteroatoms. The maximum absolute atomic E-state index is 10.2. The van der Waals surface area contributed by atoms with E-state index in [0.29, 0.717) is 6.42 Å². The van der Waals surface area contributed by atoms with Crippen LogP contribution in [0.1, 0.15) is 6.99 Å². The molecule has 1 rings (SSSR count). The van der Waals surface area contributed by atoms with Crippen LogP contribution in [-0.2, 0) is 11.2 Å². The van der Waals surface area contributed by atoms with Crippen LogP contribution >= 0.6 is 0 Å². The van der Waals surface area contributed by atoms with E-state index in [1.807, 2.05) is 12.1 Å². The smallest absolute Gasteiger partial charge is 0.137 e. The lowest BCUT2D eigenvalue weighted by molar-refractivity contribution is -0.108. The number of hydrogen-bond donors (Lipinski definition) is 1. The van der Waals surface area contributed by atoms with Crippen molar-refractivity contribution in [3.8, 4) is 0 Å². The van der Waals surface area contributed by atoms with E-state index in [4.69, 9.17) is 5.73 Å². The number of hydrogen-bond acceptors (Lipinski definition) is 3. The fraction of sp³-hybridized carbons (Fsp3) is 0.250. The molecular formula is C8H12N2O. The first-order chi connectivity index (χ1) is 5.33. The van der Waals surface area contributed by atoms with Gasteiger partial charge in [0.2, 0.25) is 0 Å². The molecule has 3 nitrogen and oxygen atoms in total. The summed E-state index contributed by atoms with van der Waals surface area (Å²) in [5.41, 5.74) is 6.46. The second-order valence-electron chi connectivity index (χ2n) is 2.36. The van der Waals surface area contributed by atoms with Crippen molar-refractivity contribution in [2.75, 3.05) is 0 Å². The topological polar surface area (TPSA) is 56.0 Å². The van der Waals surface area contributed by atoms with Crippen molar-refractivity contribution in [2.24, 2.45) is 5.73 Å². The van der Waals surface area contributed by atoms with Crippen LogP contribution in [0.25, 0.3) is 0 Å². The van der Waals surface area contributed by atoms with Gasteiger partial charge in [-0.05, 0) is 24.1 Å². The monoisotopic (exact) mass is 152 g/mol. The van der Waals surface area contributed by atoms with Gasteiger partial charge in [0, 0.05) is 13.8 Å². The zero-order chi connectivity index (χ0) is 8.10. The molecule has 0 unspecified atom stereocenters. The predicted octanol–water partition coefficient (Wildman–Crippen LogP) is 0.396. The van der Waals surface area contributed by atoms with Gasteiger partial charge in [0.25, 0.3) is 0 Å². The van der Waals surface area contributed by atoms with E-state index in [-0.39, 0.29) is 1.43 Å². The molecule has 0 saturated heterocycles. The second kappa shape index (κ2) is 3.83. The molecule has 0 bridgehead atoms. The minimum absolute atomic E-state index is 0. The van der Waals surface area contributed by atoms with Crippen LogP contribution in [0.4, 0.5) is 0 Å². The molecule has 0 fully saturated rings. The van der Waals surface area contributed by atoms with Crippen molar-refractivity contribution in [1.82, 2.24) is 4.98 Å². The minimum atomic E-state index is -0.391. The standard InChI is InChI=1S/C8H10N2O.H2/c9-8(6-11)5-7-1-3-10-4-2-7;/h1-4,6,8H,5,9H2;1H/t8-;/m0./s1. The van der Waals surface area contributed by atoms with Crippen molar-refractivity contribution in [2.45, 2.75) is 12.5 Å². The van der Waals surface area contributed by atoms with Crippen LogP contribution in [0.15, 0.2) is 24.5 Å². The van der Waals surface area contributed by atoms with E-state index in [1.54, 1.807) is 12.4 Å². The van der Waals surface area contributed by atoms with E-state index in [0.717, 1.165) is 11.8 Å². The molecule has 11 heavy (non-hydrogen) atoms. The summed E-state index contributed by atoms with van der Waals surface area (Å²) in [7, 11) is 0. The summed E-state index contributed by atoms with van der Waals surface area (Å²) in [6.07, 6.45) is 4.71. The molecule has 2 N–H and O–H groups in total. The highest BCUT2D eigenvalue weighted by atomic mass is 16.1. The molecule has 1 heterocycles. The molecule has 60 valence electrons. The van der Waals surface area contributed by atoms with Crippen molar-refractivity contribution in [1.29, 1.82) is 0 Å². The van der Waals surface area contributed by atoms with Gasteiger partial charge < -0.3 is 10.5 Å². The van der Waals surface area contributed by atoms with Gasteiger partial charge in [-0.1, -0.05) is 0 Å². The predicted molar refractivity (Wildman–Crippen MR) is 44.1 cm³/mol. The van der Waals surface area contributed by atoms with E-state index in [1.165, 1.54) is 0 Å². The van der Waals surface area contributed by atoms with Gasteiger partial charge in [-0.2, -0.15) is 0 Å². The number of nitrogens with two attached hydrogens (primary N) is 1. The zero-order valence-electron chi connectivity index (χ0n) is 6.10. The van der Waals surface area contributed by atoms with Gasteiger partial charge in [-0.3, -0.25) is 4.98 Å². The Kier molecular flexibility index (Phi) is 2.74. The second-order valence-corrected chi connectivity index (χ2v) is 2.36. The van der Waals surface area contributed by atoms with E-state index in [2.05, 4.69) is 4.98 Å². The summed E-state index contributed by atoms with van der Waals surface area (Å²) in [5.74, 6) is 0. The Labute approximate surface area is 66.7 Å². The highest BCUT2D eigenvalue weighted by Crippen LogP contribution is 1.98. The van der Waals surface area contributed by atoms with Crippen molar-refractivity contribution in [3.05, 3.63) is 30.1 Å². The third-order valence-electron chi connectivity index (χ3n) is 1.40. The first-order valence-corrected chi connectivity index (χ1v) is 3.42. The zero-order valence-corrected chi connectivity index (χ0v) is 6.10. The molecule has 0 aliphatic heterocycles. The maximum atomic E-state index is 10.2. The maximum Gasteiger partial charge on any atom is 0.137 e. The molecule has 0 radical (unpaired) electrons. The molecule has 1 aromatic rings. The Balaban J connectivity index is 0.00000121. The summed E-state index contributed by atoms with van der Waals surface area (Å²) in [4.78, 5) is 14.0. The Bertz CT molecular complexity index is 228. The number of aromatic nitrogens is 1. The Hall–Kier alpha value is -1.22. The number of carbonyl (C=O) groups excluding carboxylic acids is 1. The van der Waals surface area contributed by atoms with Gasteiger partial charge in [-0.15, -0.1) is 0 Å². The Morgan fingerprint density at radius 1 is 1.64 bits per heavy atom. The highest BCUT2D eigenvalue weighted by molar-refractivity contribution is 5.57.